The number of hydrogen-bond donors (Lipinski definition) is 0. The SMILES string of the molecule is CS(=O)(=O)CC(=O)N1CC2CCN(C(=O)c3cccc(Cc4ccc(F)cc4)c3)CC2C1. The Hall–Kier alpha value is -2.74. The van der Waals surface area contributed by atoms with E-state index in [4.69, 9.17) is 0 Å². The van der Waals surface area contributed by atoms with Gasteiger partial charge in [-0.3, -0.25) is 9.59 Å². The summed E-state index contributed by atoms with van der Waals surface area (Å²) in [6.07, 6.45) is 2.48. The van der Waals surface area contributed by atoms with E-state index in [0.717, 1.165) is 23.8 Å². The molecule has 32 heavy (non-hydrogen) atoms. The van der Waals surface area contributed by atoms with Crippen molar-refractivity contribution in [1.82, 2.24) is 9.80 Å². The summed E-state index contributed by atoms with van der Waals surface area (Å²) in [4.78, 5) is 28.9. The predicted octanol–water partition coefficient (Wildman–Crippen LogP) is 2.38. The molecule has 170 valence electrons. The third-order valence-electron chi connectivity index (χ3n) is 6.32. The quantitative estimate of drug-likeness (QED) is 0.690. The zero-order valence-electron chi connectivity index (χ0n) is 18.0. The highest BCUT2D eigenvalue weighted by Gasteiger charge is 2.40. The van der Waals surface area contributed by atoms with Gasteiger partial charge in [0.25, 0.3) is 5.91 Å². The maximum Gasteiger partial charge on any atom is 0.253 e. The van der Waals surface area contributed by atoms with E-state index < -0.39 is 15.6 Å². The molecule has 6 nitrogen and oxygen atoms in total. The molecule has 2 aliphatic heterocycles. The first-order valence-corrected chi connectivity index (χ1v) is 12.8. The molecular formula is C24H27FN2O4S. The van der Waals surface area contributed by atoms with Crippen LogP contribution in [0.3, 0.4) is 0 Å². The van der Waals surface area contributed by atoms with Gasteiger partial charge in [-0.1, -0.05) is 24.3 Å². The number of fused-ring (bicyclic) bond motifs is 1. The summed E-state index contributed by atoms with van der Waals surface area (Å²) in [5, 5.41) is 0. The molecule has 0 spiro atoms. The van der Waals surface area contributed by atoms with E-state index >= 15 is 0 Å². The van der Waals surface area contributed by atoms with Crippen LogP contribution < -0.4 is 0 Å². The molecular weight excluding hydrogens is 431 g/mol. The van der Waals surface area contributed by atoms with Gasteiger partial charge in [0.05, 0.1) is 0 Å². The van der Waals surface area contributed by atoms with Gasteiger partial charge in [-0.05, 0) is 60.1 Å². The molecule has 2 heterocycles. The van der Waals surface area contributed by atoms with E-state index in [2.05, 4.69) is 0 Å². The molecule has 2 unspecified atom stereocenters. The van der Waals surface area contributed by atoms with Gasteiger partial charge < -0.3 is 9.80 Å². The normalized spacial score (nSPS) is 20.8. The fourth-order valence-electron chi connectivity index (χ4n) is 4.71. The molecule has 0 N–H and O–H groups in total. The van der Waals surface area contributed by atoms with Crippen LogP contribution in [0.2, 0.25) is 0 Å². The van der Waals surface area contributed by atoms with Gasteiger partial charge in [-0.25, -0.2) is 12.8 Å². The Morgan fingerprint density at radius 3 is 2.38 bits per heavy atom. The molecule has 2 saturated heterocycles. The summed E-state index contributed by atoms with van der Waals surface area (Å²) in [5.41, 5.74) is 2.57. The second-order valence-electron chi connectivity index (χ2n) is 8.93. The molecule has 2 aliphatic rings. The molecule has 0 radical (unpaired) electrons. The zero-order chi connectivity index (χ0) is 22.9. The van der Waals surface area contributed by atoms with Crippen LogP contribution in [0.1, 0.15) is 27.9 Å². The van der Waals surface area contributed by atoms with Crippen LogP contribution >= 0.6 is 0 Å². The number of halogens is 1. The first-order chi connectivity index (χ1) is 15.2. The third-order valence-corrected chi connectivity index (χ3v) is 7.09. The Morgan fingerprint density at radius 1 is 0.969 bits per heavy atom. The van der Waals surface area contributed by atoms with Crippen molar-refractivity contribution in [3.63, 3.8) is 0 Å². The lowest BCUT2D eigenvalue weighted by molar-refractivity contribution is -0.127. The summed E-state index contributed by atoms with van der Waals surface area (Å²) in [6.45, 7) is 2.24. The number of rotatable bonds is 5. The number of benzene rings is 2. The molecule has 4 rings (SSSR count). The van der Waals surface area contributed by atoms with Crippen molar-refractivity contribution in [2.24, 2.45) is 11.8 Å². The van der Waals surface area contributed by atoms with Gasteiger partial charge in [0.1, 0.15) is 11.6 Å². The fourth-order valence-corrected chi connectivity index (χ4v) is 5.34. The summed E-state index contributed by atoms with van der Waals surface area (Å²) in [7, 11) is -3.36. The highest BCUT2D eigenvalue weighted by molar-refractivity contribution is 7.91. The highest BCUT2D eigenvalue weighted by Crippen LogP contribution is 2.32. The average Bonchev–Trinajstić information content (AvgIpc) is 3.18. The molecule has 2 atom stereocenters. The molecule has 2 aromatic rings. The largest absolute Gasteiger partial charge is 0.341 e. The van der Waals surface area contributed by atoms with Gasteiger partial charge in [0, 0.05) is 38.0 Å². The smallest absolute Gasteiger partial charge is 0.253 e. The Labute approximate surface area is 187 Å². The van der Waals surface area contributed by atoms with Gasteiger partial charge in [-0.15, -0.1) is 0 Å². The van der Waals surface area contributed by atoms with Crippen LogP contribution in [-0.4, -0.2) is 68.2 Å². The lowest BCUT2D eigenvalue weighted by Crippen LogP contribution is -2.43. The summed E-state index contributed by atoms with van der Waals surface area (Å²) < 4.78 is 36.0. The number of likely N-dealkylation sites (tertiary alicyclic amines) is 2. The standard InChI is InChI=1S/C24H27FN2O4S/c1-32(30,31)16-23(28)27-13-20-9-10-26(14-21(20)15-27)24(29)19-4-2-3-18(12-19)11-17-5-7-22(25)8-6-17/h2-8,12,20-21H,9-11,13-16H2,1H3. The minimum absolute atomic E-state index is 0.0367. The van der Waals surface area contributed by atoms with Crippen LogP contribution in [0, 0.1) is 17.7 Å². The van der Waals surface area contributed by atoms with E-state index in [1.807, 2.05) is 23.1 Å². The molecule has 0 aliphatic carbocycles. The predicted molar refractivity (Wildman–Crippen MR) is 119 cm³/mol. The average molecular weight is 459 g/mol. The van der Waals surface area contributed by atoms with E-state index in [1.165, 1.54) is 12.1 Å². The van der Waals surface area contributed by atoms with Crippen molar-refractivity contribution in [1.29, 1.82) is 0 Å². The van der Waals surface area contributed by atoms with Crippen LogP contribution in [0.5, 0.6) is 0 Å². The first-order valence-electron chi connectivity index (χ1n) is 10.8. The maximum atomic E-state index is 13.2. The maximum absolute atomic E-state index is 13.2. The Balaban J connectivity index is 1.39. The van der Waals surface area contributed by atoms with Crippen LogP contribution in [0.25, 0.3) is 0 Å². The van der Waals surface area contributed by atoms with Crippen molar-refractivity contribution in [2.75, 3.05) is 38.2 Å². The minimum atomic E-state index is -3.36. The number of nitrogens with zero attached hydrogens (tertiary/aromatic N) is 2. The molecule has 8 heteroatoms. The number of amides is 2. The fraction of sp³-hybridized carbons (Fsp3) is 0.417. The molecule has 2 amide bonds. The number of piperidine rings is 1. The Kier molecular flexibility index (Phi) is 6.33. The monoisotopic (exact) mass is 458 g/mol. The second kappa shape index (κ2) is 9.02. The molecule has 2 fully saturated rings. The molecule has 0 saturated carbocycles. The second-order valence-corrected chi connectivity index (χ2v) is 11.1. The van der Waals surface area contributed by atoms with E-state index in [9.17, 15) is 22.4 Å². The van der Waals surface area contributed by atoms with E-state index in [0.29, 0.717) is 44.1 Å². The summed E-state index contributed by atoms with van der Waals surface area (Å²) in [6, 6.07) is 13.8. The van der Waals surface area contributed by atoms with Crippen molar-refractivity contribution in [3.8, 4) is 0 Å². The minimum Gasteiger partial charge on any atom is -0.341 e. The van der Waals surface area contributed by atoms with Crippen LogP contribution in [0.4, 0.5) is 4.39 Å². The van der Waals surface area contributed by atoms with E-state index in [1.54, 1.807) is 23.1 Å². The zero-order valence-corrected chi connectivity index (χ0v) is 18.9. The topological polar surface area (TPSA) is 74.8 Å². The van der Waals surface area contributed by atoms with Crippen LogP contribution in [0.15, 0.2) is 48.5 Å². The van der Waals surface area contributed by atoms with Gasteiger partial charge in [0.2, 0.25) is 5.91 Å². The number of carbonyl (C=O) groups excluding carboxylic acids is 2. The highest BCUT2D eigenvalue weighted by atomic mass is 32.2. The van der Waals surface area contributed by atoms with Crippen molar-refractivity contribution < 1.29 is 22.4 Å². The van der Waals surface area contributed by atoms with Crippen molar-refractivity contribution in [2.45, 2.75) is 12.8 Å². The first kappa shape index (κ1) is 22.5. The number of carbonyl (C=O) groups is 2. The number of sulfone groups is 1. The lowest BCUT2D eigenvalue weighted by atomic mass is 9.88. The summed E-state index contributed by atoms with van der Waals surface area (Å²) >= 11 is 0. The van der Waals surface area contributed by atoms with Gasteiger partial charge in [-0.2, -0.15) is 0 Å². The van der Waals surface area contributed by atoms with Crippen LogP contribution in [-0.2, 0) is 21.1 Å². The molecule has 0 bridgehead atoms. The number of hydrogen-bond acceptors (Lipinski definition) is 4. The lowest BCUT2D eigenvalue weighted by Gasteiger charge is -2.34. The Bertz CT molecular complexity index is 1120. The third kappa shape index (κ3) is 5.35. The van der Waals surface area contributed by atoms with Gasteiger partial charge >= 0.3 is 0 Å². The Morgan fingerprint density at radius 2 is 1.66 bits per heavy atom. The van der Waals surface area contributed by atoms with E-state index in [-0.39, 0.29) is 23.5 Å². The molecule has 0 aromatic heterocycles. The van der Waals surface area contributed by atoms with Crippen molar-refractivity contribution in [3.05, 3.63) is 71.0 Å². The van der Waals surface area contributed by atoms with Gasteiger partial charge in [0.15, 0.2) is 9.84 Å². The summed E-state index contributed by atoms with van der Waals surface area (Å²) in [5.74, 6) is -0.662. The van der Waals surface area contributed by atoms with Crippen molar-refractivity contribution >= 4 is 21.7 Å². The molecule has 2 aromatic carbocycles.